The number of thiazole rings is 1. The minimum absolute atomic E-state index is 0. The van der Waals surface area contributed by atoms with Crippen LogP contribution in [0.15, 0.2) is 10.4 Å². The summed E-state index contributed by atoms with van der Waals surface area (Å²) < 4.78 is 41.7. The number of methoxy groups -OCH3 is 1. The number of aromatic nitrogens is 1. The summed E-state index contributed by atoms with van der Waals surface area (Å²) in [4.78, 5) is 18.4. The van der Waals surface area contributed by atoms with Gasteiger partial charge in [0.25, 0.3) is 0 Å². The maximum atomic E-state index is 12.4. The van der Waals surface area contributed by atoms with E-state index in [1.54, 1.807) is 7.05 Å². The molecular weight excluding hydrogens is 448 g/mol. The lowest BCUT2D eigenvalue weighted by atomic mass is 10.4. The summed E-state index contributed by atoms with van der Waals surface area (Å²) in [5.41, 5.74) is -0.868. The van der Waals surface area contributed by atoms with Crippen molar-refractivity contribution in [3.8, 4) is 0 Å². The van der Waals surface area contributed by atoms with Crippen LogP contribution in [-0.4, -0.2) is 44.2 Å². The fourth-order valence-electron chi connectivity index (χ4n) is 1.45. The van der Waals surface area contributed by atoms with Gasteiger partial charge in [0.05, 0.1) is 18.5 Å². The molecule has 11 heteroatoms. The predicted molar refractivity (Wildman–Crippen MR) is 92.2 cm³/mol. The number of nitrogens with zero attached hydrogens (tertiary/aromatic N) is 2. The highest BCUT2D eigenvalue weighted by atomic mass is 127. The van der Waals surface area contributed by atoms with E-state index in [1.165, 1.54) is 7.11 Å². The van der Waals surface area contributed by atoms with Gasteiger partial charge in [-0.25, -0.2) is 4.98 Å². The Morgan fingerprint density at radius 3 is 2.57 bits per heavy atom. The van der Waals surface area contributed by atoms with Crippen molar-refractivity contribution < 1.29 is 22.7 Å². The largest absolute Gasteiger partial charge is 0.469 e. The van der Waals surface area contributed by atoms with E-state index in [0.717, 1.165) is 16.7 Å². The lowest BCUT2D eigenvalue weighted by Crippen LogP contribution is -2.39. The quantitative estimate of drug-likeness (QED) is 0.291. The van der Waals surface area contributed by atoms with Crippen molar-refractivity contribution in [1.82, 2.24) is 15.6 Å². The molecule has 0 spiro atoms. The Balaban J connectivity index is 0.00000484. The van der Waals surface area contributed by atoms with Crippen LogP contribution in [0.4, 0.5) is 13.2 Å². The third kappa shape index (κ3) is 8.34. The van der Waals surface area contributed by atoms with E-state index in [9.17, 15) is 18.0 Å². The van der Waals surface area contributed by atoms with E-state index >= 15 is 0 Å². The van der Waals surface area contributed by atoms with Crippen molar-refractivity contribution in [3.63, 3.8) is 0 Å². The summed E-state index contributed by atoms with van der Waals surface area (Å²) in [6, 6.07) is 0. The number of hydrogen-bond acceptors (Lipinski definition) is 5. The van der Waals surface area contributed by atoms with Gasteiger partial charge in [-0.3, -0.25) is 9.79 Å². The molecule has 0 saturated carbocycles. The van der Waals surface area contributed by atoms with E-state index in [4.69, 9.17) is 0 Å². The molecule has 0 aliphatic rings. The molecule has 0 amide bonds. The molecule has 0 fully saturated rings. The van der Waals surface area contributed by atoms with Crippen molar-refractivity contribution in [3.05, 3.63) is 16.1 Å². The molecule has 23 heavy (non-hydrogen) atoms. The minimum atomic E-state index is -4.41. The maximum absolute atomic E-state index is 12.4. The molecule has 0 radical (unpaired) electrons. The zero-order valence-electron chi connectivity index (χ0n) is 12.6. The second-order valence-corrected chi connectivity index (χ2v) is 5.07. The average Bonchev–Trinajstić information content (AvgIpc) is 2.94. The van der Waals surface area contributed by atoms with Crippen LogP contribution in [0, 0.1) is 0 Å². The van der Waals surface area contributed by atoms with Gasteiger partial charge in [0.2, 0.25) is 0 Å². The SMILES string of the molecule is CN=C(NCCC(=O)OC)NCCc1nc(C(F)(F)F)cs1.I. The first-order valence-corrected chi connectivity index (χ1v) is 7.27. The number of hydrogen-bond donors (Lipinski definition) is 2. The topological polar surface area (TPSA) is 75.6 Å². The van der Waals surface area contributed by atoms with Crippen molar-refractivity contribution in [2.24, 2.45) is 4.99 Å². The highest BCUT2D eigenvalue weighted by molar-refractivity contribution is 14.0. The number of halogens is 4. The Hall–Kier alpha value is -1.11. The number of nitrogens with one attached hydrogen (secondary N) is 2. The summed E-state index contributed by atoms with van der Waals surface area (Å²) in [5.74, 6) is 0.113. The molecule has 0 aromatic carbocycles. The molecule has 0 atom stereocenters. The zero-order chi connectivity index (χ0) is 16.6. The highest BCUT2D eigenvalue weighted by Gasteiger charge is 2.33. The van der Waals surface area contributed by atoms with Gasteiger partial charge in [0.1, 0.15) is 0 Å². The van der Waals surface area contributed by atoms with Crippen LogP contribution in [-0.2, 0) is 22.1 Å². The summed E-state index contributed by atoms with van der Waals surface area (Å²) in [6.45, 7) is 0.727. The Kier molecular flexibility index (Phi) is 10.1. The summed E-state index contributed by atoms with van der Waals surface area (Å²) >= 11 is 0.968. The van der Waals surface area contributed by atoms with E-state index in [1.807, 2.05) is 0 Å². The highest BCUT2D eigenvalue weighted by Crippen LogP contribution is 2.29. The lowest BCUT2D eigenvalue weighted by molar-refractivity contribution is -0.141. The van der Waals surface area contributed by atoms with Gasteiger partial charge in [-0.1, -0.05) is 0 Å². The number of guanidine groups is 1. The van der Waals surface area contributed by atoms with Gasteiger partial charge in [-0.15, -0.1) is 35.3 Å². The normalized spacial score (nSPS) is 11.6. The molecule has 0 aliphatic heterocycles. The first-order chi connectivity index (χ1) is 10.4. The van der Waals surface area contributed by atoms with Gasteiger partial charge >= 0.3 is 12.1 Å². The predicted octanol–water partition coefficient (Wildman–Crippen LogP) is 2.05. The van der Waals surface area contributed by atoms with E-state index in [0.29, 0.717) is 30.5 Å². The molecule has 0 unspecified atom stereocenters. The number of carbonyl (C=O) groups excluding carboxylic acids is 1. The minimum Gasteiger partial charge on any atom is -0.469 e. The Morgan fingerprint density at radius 1 is 1.39 bits per heavy atom. The fourth-order valence-corrected chi connectivity index (χ4v) is 2.25. The Morgan fingerprint density at radius 2 is 2.04 bits per heavy atom. The van der Waals surface area contributed by atoms with Gasteiger partial charge in [-0.2, -0.15) is 13.2 Å². The van der Waals surface area contributed by atoms with Crippen LogP contribution in [0.3, 0.4) is 0 Å². The van der Waals surface area contributed by atoms with Gasteiger partial charge in [0.15, 0.2) is 11.7 Å². The van der Waals surface area contributed by atoms with E-state index < -0.39 is 11.9 Å². The average molecular weight is 466 g/mol. The number of alkyl halides is 3. The molecule has 1 aromatic rings. The first kappa shape index (κ1) is 21.9. The molecule has 0 saturated heterocycles. The van der Waals surface area contributed by atoms with Gasteiger partial charge in [0, 0.05) is 31.9 Å². The smallest absolute Gasteiger partial charge is 0.434 e. The van der Waals surface area contributed by atoms with Crippen LogP contribution >= 0.6 is 35.3 Å². The second-order valence-electron chi connectivity index (χ2n) is 4.13. The third-order valence-electron chi connectivity index (χ3n) is 2.55. The van der Waals surface area contributed by atoms with Crippen molar-refractivity contribution in [2.75, 3.05) is 27.2 Å². The van der Waals surface area contributed by atoms with Crippen LogP contribution < -0.4 is 10.6 Å². The van der Waals surface area contributed by atoms with Crippen molar-refractivity contribution in [1.29, 1.82) is 0 Å². The molecule has 1 aromatic heterocycles. The third-order valence-corrected chi connectivity index (χ3v) is 3.45. The molecular formula is C12H18F3IN4O2S. The van der Waals surface area contributed by atoms with E-state index in [-0.39, 0.29) is 36.4 Å². The Bertz CT molecular complexity index is 523. The van der Waals surface area contributed by atoms with Crippen LogP contribution in [0.1, 0.15) is 17.1 Å². The van der Waals surface area contributed by atoms with Crippen LogP contribution in [0.2, 0.25) is 0 Å². The fraction of sp³-hybridized carbons (Fsp3) is 0.583. The monoisotopic (exact) mass is 466 g/mol. The van der Waals surface area contributed by atoms with E-state index in [2.05, 4.69) is 25.3 Å². The molecule has 2 N–H and O–H groups in total. The zero-order valence-corrected chi connectivity index (χ0v) is 15.7. The van der Waals surface area contributed by atoms with Crippen molar-refractivity contribution >= 4 is 47.2 Å². The standard InChI is InChI=1S/C12H17F3N4O2S.HI/c1-16-11(18-6-4-10(20)21-2)17-5-3-9-19-8(7-22-9)12(13,14)15;/h7H,3-6H2,1-2H3,(H2,16,17,18);1H. The second kappa shape index (κ2) is 10.6. The maximum Gasteiger partial charge on any atom is 0.434 e. The Labute approximate surface area is 152 Å². The molecule has 1 heterocycles. The molecule has 0 aliphatic carbocycles. The van der Waals surface area contributed by atoms with Gasteiger partial charge in [-0.05, 0) is 0 Å². The molecule has 6 nitrogen and oxygen atoms in total. The summed E-state index contributed by atoms with van der Waals surface area (Å²) in [7, 11) is 2.86. The lowest BCUT2D eigenvalue weighted by Gasteiger charge is -2.10. The summed E-state index contributed by atoms with van der Waals surface area (Å²) in [5, 5.41) is 7.21. The number of carbonyl (C=O) groups is 1. The first-order valence-electron chi connectivity index (χ1n) is 6.39. The molecule has 0 bridgehead atoms. The molecule has 132 valence electrons. The van der Waals surface area contributed by atoms with Crippen molar-refractivity contribution in [2.45, 2.75) is 19.0 Å². The van der Waals surface area contributed by atoms with Crippen LogP contribution in [0.25, 0.3) is 0 Å². The van der Waals surface area contributed by atoms with Crippen LogP contribution in [0.5, 0.6) is 0 Å². The molecule has 1 rings (SSSR count). The number of ether oxygens (including phenoxy) is 1. The van der Waals surface area contributed by atoms with Gasteiger partial charge < -0.3 is 15.4 Å². The number of rotatable bonds is 6. The number of aliphatic imine (C=N–C) groups is 1. The number of esters is 1. The summed E-state index contributed by atoms with van der Waals surface area (Å²) in [6.07, 6.45) is -3.87.